The Morgan fingerprint density at radius 1 is 1.16 bits per heavy atom. The Morgan fingerprint density at radius 2 is 1.92 bits per heavy atom. The average Bonchev–Trinajstić information content (AvgIpc) is 3.20. The van der Waals surface area contributed by atoms with Crippen LogP contribution in [0.25, 0.3) is 22.0 Å². The second-order valence-corrected chi connectivity index (χ2v) is 13.1. The van der Waals surface area contributed by atoms with Gasteiger partial charge in [-0.2, -0.15) is 4.98 Å². The number of rotatable bonds is 3. The number of nitrogens with zero attached hydrogens (tertiary/aromatic N) is 4. The average molecular weight is 579 g/mol. The third kappa shape index (κ3) is 3.92. The number of benzene rings is 2. The zero-order valence-corrected chi connectivity index (χ0v) is 22.3. The van der Waals surface area contributed by atoms with Crippen LogP contribution in [0.5, 0.6) is 0 Å². The zero-order chi connectivity index (χ0) is 26.9. The molecule has 3 aromatic rings. The molecule has 1 aromatic heterocycles. The quantitative estimate of drug-likeness (QED) is 0.441. The third-order valence-corrected chi connectivity index (χ3v) is 10.4. The SMILES string of the molecule is C=CC(=O)N1CCN(c2nc(=O)n3c4c(c(-c5ccc(F)cc5F)c(Cl)cc24)SCC3)C2CS(=O)(=O)C[C@@H]21. The van der Waals surface area contributed by atoms with Gasteiger partial charge in [-0.25, -0.2) is 22.0 Å². The lowest BCUT2D eigenvalue weighted by Gasteiger charge is -2.44. The Bertz CT molecular complexity index is 1710. The van der Waals surface area contributed by atoms with Gasteiger partial charge in [-0.3, -0.25) is 9.36 Å². The summed E-state index contributed by atoms with van der Waals surface area (Å²) in [6.07, 6.45) is 1.16. The number of anilines is 1. The van der Waals surface area contributed by atoms with E-state index in [2.05, 4.69) is 11.6 Å². The summed E-state index contributed by atoms with van der Waals surface area (Å²) in [7, 11) is -3.46. The molecule has 3 aliphatic rings. The number of carbonyl (C=O) groups excluding carboxylic acids is 1. The van der Waals surface area contributed by atoms with Crippen LogP contribution in [-0.2, 0) is 21.2 Å². The summed E-state index contributed by atoms with van der Waals surface area (Å²) in [4.78, 5) is 34.0. The van der Waals surface area contributed by atoms with Gasteiger partial charge in [0.2, 0.25) is 5.91 Å². The summed E-state index contributed by atoms with van der Waals surface area (Å²) in [5, 5.41) is 0.714. The molecule has 2 aromatic carbocycles. The first-order valence-corrected chi connectivity index (χ1v) is 15.0. The van der Waals surface area contributed by atoms with Crippen LogP contribution in [0.1, 0.15) is 0 Å². The predicted octanol–water partition coefficient (Wildman–Crippen LogP) is 3.10. The lowest BCUT2D eigenvalue weighted by molar-refractivity contribution is -0.128. The van der Waals surface area contributed by atoms with Gasteiger partial charge < -0.3 is 9.80 Å². The maximum Gasteiger partial charge on any atom is 0.350 e. The van der Waals surface area contributed by atoms with Gasteiger partial charge in [-0.05, 0) is 24.3 Å². The van der Waals surface area contributed by atoms with Crippen LogP contribution in [0.2, 0.25) is 5.02 Å². The molecule has 2 fully saturated rings. The standard InChI is InChI=1S/C25H21ClF2N4O4S2/c1-2-20(33)30-5-6-31(19-12-38(35,36)11-18(19)30)24-15-10-16(26)21(14-4-3-13(27)9-17(14)28)23-22(15)32(7-8-37-23)25(34)29-24/h2-4,9-10,18-19H,1,5-8,11-12H2/t18-,19?/m0/s1. The third-order valence-electron chi connectivity index (χ3n) is 7.32. The molecule has 2 saturated heterocycles. The molecule has 3 aliphatic heterocycles. The minimum Gasteiger partial charge on any atom is -0.348 e. The lowest BCUT2D eigenvalue weighted by Crippen LogP contribution is -2.61. The van der Waals surface area contributed by atoms with Crippen LogP contribution < -0.4 is 10.6 Å². The second kappa shape index (κ2) is 9.06. The van der Waals surface area contributed by atoms with Crippen LogP contribution in [0.3, 0.4) is 0 Å². The number of fused-ring (bicyclic) bond motifs is 1. The molecule has 1 amide bonds. The maximum absolute atomic E-state index is 14.9. The largest absolute Gasteiger partial charge is 0.350 e. The van der Waals surface area contributed by atoms with E-state index in [1.54, 1.807) is 11.0 Å². The van der Waals surface area contributed by atoms with Gasteiger partial charge in [0.1, 0.15) is 17.5 Å². The molecule has 6 rings (SSSR count). The second-order valence-electron chi connectivity index (χ2n) is 9.44. The molecular formula is C25H21ClF2N4O4S2. The highest BCUT2D eigenvalue weighted by atomic mass is 35.5. The van der Waals surface area contributed by atoms with Crippen LogP contribution in [-0.4, -0.2) is 71.2 Å². The molecule has 0 N–H and O–H groups in total. The number of halogens is 3. The molecule has 0 aliphatic carbocycles. The number of carbonyl (C=O) groups is 1. The van der Waals surface area contributed by atoms with E-state index in [4.69, 9.17) is 11.6 Å². The Kier molecular flexibility index (Phi) is 6.04. The Hall–Kier alpha value is -2.96. The molecule has 0 spiro atoms. The van der Waals surface area contributed by atoms with Crippen molar-refractivity contribution in [1.82, 2.24) is 14.5 Å². The summed E-state index contributed by atoms with van der Waals surface area (Å²) >= 11 is 8.14. The monoisotopic (exact) mass is 578 g/mol. The lowest BCUT2D eigenvalue weighted by atomic mass is 10.0. The highest BCUT2D eigenvalue weighted by molar-refractivity contribution is 7.99. The van der Waals surface area contributed by atoms with Gasteiger partial charge in [-0.15, -0.1) is 11.8 Å². The van der Waals surface area contributed by atoms with Crippen LogP contribution >= 0.6 is 23.4 Å². The van der Waals surface area contributed by atoms with Crippen molar-refractivity contribution >= 4 is 55.8 Å². The molecule has 0 bridgehead atoms. The van der Waals surface area contributed by atoms with Crippen LogP contribution in [0.4, 0.5) is 14.6 Å². The van der Waals surface area contributed by atoms with Crippen LogP contribution in [0.15, 0.2) is 46.6 Å². The fourth-order valence-electron chi connectivity index (χ4n) is 5.72. The highest BCUT2D eigenvalue weighted by Gasteiger charge is 2.48. The van der Waals surface area contributed by atoms with E-state index in [-0.39, 0.29) is 46.9 Å². The van der Waals surface area contributed by atoms with Crippen LogP contribution in [0, 0.1) is 11.6 Å². The minimum atomic E-state index is -3.46. The fraction of sp³-hybridized carbons (Fsp3) is 0.320. The topological polar surface area (TPSA) is 92.6 Å². The van der Waals surface area contributed by atoms with E-state index in [1.165, 1.54) is 27.3 Å². The Labute approximate surface area is 225 Å². The molecule has 38 heavy (non-hydrogen) atoms. The molecule has 198 valence electrons. The minimum absolute atomic E-state index is 0.110. The molecule has 4 heterocycles. The highest BCUT2D eigenvalue weighted by Crippen LogP contribution is 2.46. The summed E-state index contributed by atoms with van der Waals surface area (Å²) in [5.74, 6) is -1.45. The van der Waals surface area contributed by atoms with Crippen molar-refractivity contribution in [2.75, 3.05) is 35.2 Å². The number of aryl methyl sites for hydroxylation is 1. The number of piperazine rings is 1. The Balaban J connectivity index is 1.57. The number of sulfone groups is 1. The van der Waals surface area contributed by atoms with Crippen molar-refractivity contribution in [2.45, 2.75) is 23.5 Å². The van der Waals surface area contributed by atoms with Crippen molar-refractivity contribution in [3.63, 3.8) is 0 Å². The van der Waals surface area contributed by atoms with Crippen molar-refractivity contribution in [1.29, 1.82) is 0 Å². The first-order valence-electron chi connectivity index (χ1n) is 11.8. The number of amides is 1. The molecule has 0 saturated carbocycles. The molecule has 8 nitrogen and oxygen atoms in total. The fourth-order valence-corrected chi connectivity index (χ4v) is 9.26. The van der Waals surface area contributed by atoms with Gasteiger partial charge in [0, 0.05) is 52.9 Å². The summed E-state index contributed by atoms with van der Waals surface area (Å²) < 4.78 is 55.3. The maximum atomic E-state index is 14.9. The molecular weight excluding hydrogens is 558 g/mol. The summed E-state index contributed by atoms with van der Waals surface area (Å²) in [5.41, 5.74) is 0.457. The molecule has 13 heteroatoms. The zero-order valence-electron chi connectivity index (χ0n) is 19.9. The van der Waals surface area contributed by atoms with Gasteiger partial charge in [-0.1, -0.05) is 18.2 Å². The van der Waals surface area contributed by atoms with Gasteiger partial charge in [0.25, 0.3) is 0 Å². The molecule has 0 radical (unpaired) electrons. The van der Waals surface area contributed by atoms with E-state index in [1.807, 2.05) is 0 Å². The predicted molar refractivity (Wildman–Crippen MR) is 143 cm³/mol. The normalized spacial score (nSPS) is 22.0. The van der Waals surface area contributed by atoms with E-state index in [0.29, 0.717) is 33.7 Å². The Morgan fingerprint density at radius 3 is 2.66 bits per heavy atom. The van der Waals surface area contributed by atoms with E-state index in [9.17, 15) is 26.8 Å². The van der Waals surface area contributed by atoms with Gasteiger partial charge in [0.15, 0.2) is 9.84 Å². The van der Waals surface area contributed by atoms with Gasteiger partial charge >= 0.3 is 5.69 Å². The first kappa shape index (κ1) is 25.3. The summed E-state index contributed by atoms with van der Waals surface area (Å²) in [6, 6.07) is 3.61. The van der Waals surface area contributed by atoms with E-state index < -0.39 is 39.2 Å². The first-order chi connectivity index (χ1) is 18.1. The molecule has 2 atom stereocenters. The molecule has 1 unspecified atom stereocenters. The van der Waals surface area contributed by atoms with E-state index in [0.717, 1.165) is 18.2 Å². The van der Waals surface area contributed by atoms with Gasteiger partial charge in [0.05, 0.1) is 34.1 Å². The van der Waals surface area contributed by atoms with Crippen molar-refractivity contribution in [3.8, 4) is 11.1 Å². The number of aromatic nitrogens is 2. The number of hydrogen-bond donors (Lipinski definition) is 0. The number of thioether (sulfide) groups is 1. The summed E-state index contributed by atoms with van der Waals surface area (Å²) in [6.45, 7) is 4.37. The van der Waals surface area contributed by atoms with Crippen molar-refractivity contribution in [2.24, 2.45) is 0 Å². The smallest absolute Gasteiger partial charge is 0.348 e. The number of hydrogen-bond acceptors (Lipinski definition) is 7. The van der Waals surface area contributed by atoms with Crippen molar-refractivity contribution in [3.05, 3.63) is 64.1 Å². The van der Waals surface area contributed by atoms with Crippen molar-refractivity contribution < 1.29 is 22.0 Å². The van der Waals surface area contributed by atoms with E-state index >= 15 is 0 Å².